The molecule has 0 N–H and O–H groups in total. The third kappa shape index (κ3) is 2.61. The number of rotatable bonds is 4. The van der Waals surface area contributed by atoms with Crippen LogP contribution in [0.2, 0.25) is 0 Å². The van der Waals surface area contributed by atoms with Gasteiger partial charge in [0.25, 0.3) is 0 Å². The third-order valence-corrected chi connectivity index (χ3v) is 3.10. The topological polar surface area (TPSA) is 36.3 Å². The summed E-state index contributed by atoms with van der Waals surface area (Å²) in [4.78, 5) is 0. The highest BCUT2D eigenvalue weighted by molar-refractivity contribution is 7.80. The first-order valence-corrected chi connectivity index (χ1v) is 6.27. The van der Waals surface area contributed by atoms with Gasteiger partial charge in [-0.05, 0) is 44.3 Å². The molecule has 0 radical (unpaired) electrons. The number of aromatic nitrogens is 2. The normalized spacial score (nSPS) is 12.4. The van der Waals surface area contributed by atoms with Gasteiger partial charge in [0.1, 0.15) is 5.75 Å². The minimum atomic E-state index is -0.242. The zero-order valence-electron chi connectivity index (χ0n) is 10.7. The maximum atomic E-state index is 5.74. The van der Waals surface area contributed by atoms with Crippen molar-refractivity contribution in [2.75, 3.05) is 6.61 Å². The number of hydrogen-bond acceptors (Lipinski definition) is 4. The Morgan fingerprint density at radius 1 is 1.50 bits per heavy atom. The Morgan fingerprint density at radius 3 is 3.00 bits per heavy atom. The van der Waals surface area contributed by atoms with E-state index in [0.717, 1.165) is 16.7 Å². The molecule has 1 unspecified atom stereocenters. The van der Waals surface area contributed by atoms with Crippen molar-refractivity contribution in [1.82, 2.24) is 9.78 Å². The van der Waals surface area contributed by atoms with Crippen molar-refractivity contribution in [1.29, 1.82) is 0 Å². The van der Waals surface area contributed by atoms with Gasteiger partial charge in [-0.25, -0.2) is 0 Å². The highest BCUT2D eigenvalue weighted by atomic mass is 32.1. The highest BCUT2D eigenvalue weighted by Gasteiger charge is 2.12. The number of aryl methyl sites for hydroxylation is 1. The molecule has 96 valence electrons. The van der Waals surface area contributed by atoms with Gasteiger partial charge in [-0.1, -0.05) is 0 Å². The number of ether oxygens (including phenoxy) is 2. The van der Waals surface area contributed by atoms with Crippen LogP contribution >= 0.6 is 12.2 Å². The maximum absolute atomic E-state index is 5.74. The Labute approximate surface area is 111 Å². The van der Waals surface area contributed by atoms with Crippen LogP contribution in [0.1, 0.15) is 13.8 Å². The molecule has 0 aliphatic carbocycles. The molecule has 0 fully saturated rings. The minimum absolute atomic E-state index is 0.242. The number of fused-ring (bicyclic) bond motifs is 1. The summed E-state index contributed by atoms with van der Waals surface area (Å²) in [6.07, 6.45) is 1.57. The van der Waals surface area contributed by atoms with Crippen molar-refractivity contribution < 1.29 is 9.47 Å². The Morgan fingerprint density at radius 2 is 2.28 bits per heavy atom. The molecule has 1 aromatic carbocycles. The first kappa shape index (κ1) is 12.8. The quantitative estimate of drug-likeness (QED) is 0.796. The summed E-state index contributed by atoms with van der Waals surface area (Å²) in [6, 6.07) is 5.84. The molecule has 18 heavy (non-hydrogen) atoms. The fraction of sp³-hybridized carbons (Fsp3) is 0.385. The van der Waals surface area contributed by atoms with Gasteiger partial charge >= 0.3 is 0 Å². The molecule has 2 rings (SSSR count). The van der Waals surface area contributed by atoms with E-state index >= 15 is 0 Å². The molecule has 0 amide bonds. The molecule has 0 bridgehead atoms. The zero-order chi connectivity index (χ0) is 13.1. The van der Waals surface area contributed by atoms with Crippen molar-refractivity contribution >= 4 is 28.2 Å². The Balaban J connectivity index is 2.14. The van der Waals surface area contributed by atoms with Crippen molar-refractivity contribution in [3.8, 4) is 5.75 Å². The third-order valence-electron chi connectivity index (χ3n) is 2.65. The molecule has 5 heteroatoms. The fourth-order valence-electron chi connectivity index (χ4n) is 1.73. The summed E-state index contributed by atoms with van der Waals surface area (Å²) in [7, 11) is 1.91. The molecule has 0 spiro atoms. The summed E-state index contributed by atoms with van der Waals surface area (Å²) >= 11 is 5.11. The molecular weight excluding hydrogens is 248 g/mol. The SMILES string of the molecule is CCOC(=S)C(C)Oc1ccc2c(cnn2C)c1. The lowest BCUT2D eigenvalue weighted by atomic mass is 10.2. The molecule has 1 atom stereocenters. The second-order valence-corrected chi connectivity index (χ2v) is 4.40. The van der Waals surface area contributed by atoms with Crippen molar-refractivity contribution in [3.63, 3.8) is 0 Å². The molecular formula is C13H16N2O2S. The molecule has 0 aliphatic heterocycles. The highest BCUT2D eigenvalue weighted by Crippen LogP contribution is 2.21. The Hall–Kier alpha value is -1.62. The van der Waals surface area contributed by atoms with E-state index in [4.69, 9.17) is 21.7 Å². The van der Waals surface area contributed by atoms with E-state index in [-0.39, 0.29) is 6.10 Å². The first-order chi connectivity index (χ1) is 8.61. The van der Waals surface area contributed by atoms with E-state index in [0.29, 0.717) is 11.7 Å². The second-order valence-electron chi connectivity index (χ2n) is 4.00. The molecule has 1 heterocycles. The van der Waals surface area contributed by atoms with Crippen LogP contribution < -0.4 is 4.74 Å². The zero-order valence-corrected chi connectivity index (χ0v) is 11.5. The van der Waals surface area contributed by atoms with Crippen LogP contribution in [-0.2, 0) is 11.8 Å². The summed E-state index contributed by atoms with van der Waals surface area (Å²) in [5.41, 5.74) is 1.07. The van der Waals surface area contributed by atoms with Crippen LogP contribution in [0.5, 0.6) is 5.75 Å². The van der Waals surface area contributed by atoms with Gasteiger partial charge in [-0.15, -0.1) is 0 Å². The summed E-state index contributed by atoms with van der Waals surface area (Å²) in [5, 5.41) is 5.71. The predicted molar refractivity (Wildman–Crippen MR) is 75.0 cm³/mol. The molecule has 1 aromatic heterocycles. The van der Waals surface area contributed by atoms with Crippen LogP contribution in [0.15, 0.2) is 24.4 Å². The predicted octanol–water partition coefficient (Wildman–Crippen LogP) is 2.70. The molecule has 0 saturated heterocycles. The maximum Gasteiger partial charge on any atom is 0.200 e. The van der Waals surface area contributed by atoms with Crippen LogP contribution in [-0.4, -0.2) is 27.5 Å². The smallest absolute Gasteiger partial charge is 0.200 e. The summed E-state index contributed by atoms with van der Waals surface area (Å²) < 4.78 is 12.8. The average Bonchev–Trinajstić information content (AvgIpc) is 2.71. The first-order valence-electron chi connectivity index (χ1n) is 5.87. The summed E-state index contributed by atoms with van der Waals surface area (Å²) in [5.74, 6) is 0.769. The minimum Gasteiger partial charge on any atom is -0.484 e. The standard InChI is InChI=1S/C13H16N2O2S/c1-4-16-13(18)9(2)17-11-5-6-12-10(7-11)8-14-15(12)3/h5-9H,4H2,1-3H3. The number of nitrogens with zero attached hydrogens (tertiary/aromatic N) is 2. The summed E-state index contributed by atoms with van der Waals surface area (Å²) in [6.45, 7) is 4.35. The van der Waals surface area contributed by atoms with Gasteiger partial charge < -0.3 is 9.47 Å². The average molecular weight is 264 g/mol. The second kappa shape index (κ2) is 5.35. The van der Waals surface area contributed by atoms with Crippen LogP contribution in [0, 0.1) is 0 Å². The van der Waals surface area contributed by atoms with Gasteiger partial charge in [0.2, 0.25) is 5.05 Å². The molecule has 0 aliphatic rings. The van der Waals surface area contributed by atoms with Gasteiger partial charge in [-0.2, -0.15) is 5.10 Å². The van der Waals surface area contributed by atoms with Crippen molar-refractivity contribution in [2.45, 2.75) is 20.0 Å². The largest absolute Gasteiger partial charge is 0.484 e. The lowest BCUT2D eigenvalue weighted by Crippen LogP contribution is -2.24. The van der Waals surface area contributed by atoms with E-state index in [2.05, 4.69) is 5.10 Å². The van der Waals surface area contributed by atoms with E-state index in [1.54, 1.807) is 0 Å². The van der Waals surface area contributed by atoms with Crippen LogP contribution in [0.25, 0.3) is 10.9 Å². The number of hydrogen-bond donors (Lipinski definition) is 0. The lowest BCUT2D eigenvalue weighted by Gasteiger charge is -2.15. The van der Waals surface area contributed by atoms with Gasteiger partial charge in [-0.3, -0.25) is 4.68 Å². The molecule has 2 aromatic rings. The number of thiocarbonyl (C=S) groups is 1. The Bertz CT molecular complexity index is 565. The monoisotopic (exact) mass is 264 g/mol. The van der Waals surface area contributed by atoms with Gasteiger partial charge in [0, 0.05) is 12.4 Å². The molecule has 0 saturated carbocycles. The fourth-order valence-corrected chi connectivity index (χ4v) is 1.89. The van der Waals surface area contributed by atoms with Crippen molar-refractivity contribution in [2.24, 2.45) is 7.05 Å². The van der Waals surface area contributed by atoms with E-state index in [9.17, 15) is 0 Å². The van der Waals surface area contributed by atoms with E-state index in [1.807, 2.05) is 50.0 Å². The van der Waals surface area contributed by atoms with Crippen LogP contribution in [0.4, 0.5) is 0 Å². The number of benzene rings is 1. The molecule has 4 nitrogen and oxygen atoms in total. The van der Waals surface area contributed by atoms with Gasteiger partial charge in [0.15, 0.2) is 6.10 Å². The van der Waals surface area contributed by atoms with Gasteiger partial charge in [0.05, 0.1) is 18.3 Å². The Kier molecular flexibility index (Phi) is 3.81. The van der Waals surface area contributed by atoms with E-state index in [1.165, 1.54) is 0 Å². The van der Waals surface area contributed by atoms with Crippen LogP contribution in [0.3, 0.4) is 0 Å². The van der Waals surface area contributed by atoms with E-state index < -0.39 is 0 Å². The lowest BCUT2D eigenvalue weighted by molar-refractivity contribution is 0.230. The van der Waals surface area contributed by atoms with Crippen molar-refractivity contribution in [3.05, 3.63) is 24.4 Å².